The molecule has 2 aromatic rings. The molecule has 0 aliphatic rings. The highest BCUT2D eigenvalue weighted by Gasteiger charge is 2.05. The van der Waals surface area contributed by atoms with Crippen molar-refractivity contribution < 1.29 is 4.42 Å². The Morgan fingerprint density at radius 3 is 2.39 bits per heavy atom. The summed E-state index contributed by atoms with van der Waals surface area (Å²) in [5.41, 5.74) is 2.49. The Morgan fingerprint density at radius 1 is 1.11 bits per heavy atom. The van der Waals surface area contributed by atoms with Crippen molar-refractivity contribution in [3.05, 3.63) is 53.5 Å². The lowest BCUT2D eigenvalue weighted by Gasteiger charge is -2.18. The predicted molar refractivity (Wildman–Crippen MR) is 74.8 cm³/mol. The van der Waals surface area contributed by atoms with E-state index in [9.17, 15) is 0 Å². The smallest absolute Gasteiger partial charge is 0.123 e. The van der Waals surface area contributed by atoms with Gasteiger partial charge < -0.3 is 14.6 Å². The molecule has 0 unspecified atom stereocenters. The average molecular weight is 244 g/mol. The van der Waals surface area contributed by atoms with Crippen molar-refractivity contribution in [2.24, 2.45) is 0 Å². The van der Waals surface area contributed by atoms with Crippen molar-refractivity contribution in [2.45, 2.75) is 20.0 Å². The summed E-state index contributed by atoms with van der Waals surface area (Å²) < 4.78 is 5.59. The van der Waals surface area contributed by atoms with E-state index in [1.54, 1.807) is 0 Å². The Morgan fingerprint density at radius 2 is 1.83 bits per heavy atom. The lowest BCUT2D eigenvalue weighted by Crippen LogP contribution is -2.16. The maximum Gasteiger partial charge on any atom is 0.123 e. The van der Waals surface area contributed by atoms with E-state index in [1.165, 1.54) is 11.3 Å². The average Bonchev–Trinajstić information content (AvgIpc) is 2.76. The minimum atomic E-state index is 0.791. The van der Waals surface area contributed by atoms with Crippen molar-refractivity contribution in [1.82, 2.24) is 5.32 Å². The number of nitrogens with zero attached hydrogens (tertiary/aromatic N) is 1. The monoisotopic (exact) mass is 244 g/mol. The Hall–Kier alpha value is -1.74. The summed E-state index contributed by atoms with van der Waals surface area (Å²) in [4.78, 5) is 2.18. The Labute approximate surface area is 108 Å². The second-order valence-corrected chi connectivity index (χ2v) is 4.57. The SMILES string of the molecule is CNCc1ccc(N(C)Cc2ccc(C)o2)cc1. The molecule has 0 spiro atoms. The van der Waals surface area contributed by atoms with Gasteiger partial charge in [0.25, 0.3) is 0 Å². The van der Waals surface area contributed by atoms with Gasteiger partial charge in [0.1, 0.15) is 11.5 Å². The summed E-state index contributed by atoms with van der Waals surface area (Å²) >= 11 is 0. The molecule has 3 nitrogen and oxygen atoms in total. The molecule has 0 bridgehead atoms. The van der Waals surface area contributed by atoms with Gasteiger partial charge in [0, 0.05) is 19.3 Å². The largest absolute Gasteiger partial charge is 0.464 e. The van der Waals surface area contributed by atoms with Gasteiger partial charge in [-0.1, -0.05) is 12.1 Å². The van der Waals surface area contributed by atoms with E-state index < -0.39 is 0 Å². The number of hydrogen-bond acceptors (Lipinski definition) is 3. The van der Waals surface area contributed by atoms with Gasteiger partial charge in [-0.2, -0.15) is 0 Å². The lowest BCUT2D eigenvalue weighted by atomic mass is 10.2. The van der Waals surface area contributed by atoms with Crippen molar-refractivity contribution in [3.63, 3.8) is 0 Å². The summed E-state index contributed by atoms with van der Waals surface area (Å²) in [5, 5.41) is 3.15. The van der Waals surface area contributed by atoms with Gasteiger partial charge in [-0.25, -0.2) is 0 Å². The first-order valence-corrected chi connectivity index (χ1v) is 6.19. The summed E-state index contributed by atoms with van der Waals surface area (Å²) in [6.45, 7) is 3.66. The molecule has 1 aromatic heterocycles. The summed E-state index contributed by atoms with van der Waals surface area (Å²) in [6, 6.07) is 12.6. The first kappa shape index (κ1) is 12.7. The quantitative estimate of drug-likeness (QED) is 0.876. The van der Waals surface area contributed by atoms with Crippen LogP contribution in [-0.4, -0.2) is 14.1 Å². The van der Waals surface area contributed by atoms with Crippen LogP contribution in [0.5, 0.6) is 0 Å². The molecule has 1 N–H and O–H groups in total. The van der Waals surface area contributed by atoms with Gasteiger partial charge in [0.05, 0.1) is 6.54 Å². The third-order valence-corrected chi connectivity index (χ3v) is 2.95. The number of hydrogen-bond donors (Lipinski definition) is 1. The second-order valence-electron chi connectivity index (χ2n) is 4.57. The zero-order valence-electron chi connectivity index (χ0n) is 11.2. The maximum absolute atomic E-state index is 5.59. The van der Waals surface area contributed by atoms with Gasteiger partial charge in [0.15, 0.2) is 0 Å². The predicted octanol–water partition coefficient (Wildman–Crippen LogP) is 2.94. The van der Waals surface area contributed by atoms with Crippen LogP contribution >= 0.6 is 0 Å². The number of rotatable bonds is 5. The van der Waals surface area contributed by atoms with Crippen LogP contribution in [-0.2, 0) is 13.1 Å². The van der Waals surface area contributed by atoms with Crippen LogP contribution in [0.4, 0.5) is 5.69 Å². The molecule has 0 aliphatic heterocycles. The highest BCUT2D eigenvalue weighted by Crippen LogP contribution is 2.17. The number of anilines is 1. The van der Waals surface area contributed by atoms with Crippen molar-refractivity contribution >= 4 is 5.69 Å². The number of aryl methyl sites for hydroxylation is 1. The molecular formula is C15H20N2O. The highest BCUT2D eigenvalue weighted by atomic mass is 16.3. The third kappa shape index (κ3) is 3.14. The summed E-state index contributed by atoms with van der Waals surface area (Å²) in [6.07, 6.45) is 0. The molecule has 1 aromatic carbocycles. The first-order chi connectivity index (χ1) is 8.69. The highest BCUT2D eigenvalue weighted by molar-refractivity contribution is 5.47. The molecule has 0 amide bonds. The fraction of sp³-hybridized carbons (Fsp3) is 0.333. The van der Waals surface area contributed by atoms with Crippen LogP contribution in [0.25, 0.3) is 0 Å². The number of nitrogens with one attached hydrogen (secondary N) is 1. The fourth-order valence-electron chi connectivity index (χ4n) is 1.97. The van der Waals surface area contributed by atoms with Gasteiger partial charge in [-0.15, -0.1) is 0 Å². The minimum absolute atomic E-state index is 0.791. The molecule has 0 fully saturated rings. The van der Waals surface area contributed by atoms with Crippen LogP contribution in [0.1, 0.15) is 17.1 Å². The molecule has 0 atom stereocenters. The number of benzene rings is 1. The molecule has 2 rings (SSSR count). The van der Waals surface area contributed by atoms with Crippen LogP contribution < -0.4 is 10.2 Å². The Balaban J connectivity index is 2.02. The normalized spacial score (nSPS) is 10.6. The Kier molecular flexibility index (Phi) is 4.05. The molecule has 0 saturated heterocycles. The van der Waals surface area contributed by atoms with E-state index in [1.807, 2.05) is 26.1 Å². The van der Waals surface area contributed by atoms with E-state index in [4.69, 9.17) is 4.42 Å². The zero-order chi connectivity index (χ0) is 13.0. The molecule has 3 heteroatoms. The second kappa shape index (κ2) is 5.74. The zero-order valence-corrected chi connectivity index (χ0v) is 11.2. The first-order valence-electron chi connectivity index (χ1n) is 6.19. The van der Waals surface area contributed by atoms with E-state index in [0.717, 1.165) is 24.6 Å². The van der Waals surface area contributed by atoms with Gasteiger partial charge in [0.2, 0.25) is 0 Å². The molecule has 1 heterocycles. The maximum atomic E-state index is 5.59. The molecule has 18 heavy (non-hydrogen) atoms. The van der Waals surface area contributed by atoms with Crippen LogP contribution in [0, 0.1) is 6.92 Å². The van der Waals surface area contributed by atoms with Gasteiger partial charge >= 0.3 is 0 Å². The third-order valence-electron chi connectivity index (χ3n) is 2.95. The van der Waals surface area contributed by atoms with Crippen molar-refractivity contribution in [2.75, 3.05) is 19.0 Å². The van der Waals surface area contributed by atoms with Crippen LogP contribution in [0.3, 0.4) is 0 Å². The molecule has 0 aliphatic carbocycles. The molecule has 0 radical (unpaired) electrons. The van der Waals surface area contributed by atoms with E-state index in [0.29, 0.717) is 0 Å². The minimum Gasteiger partial charge on any atom is -0.464 e. The van der Waals surface area contributed by atoms with Gasteiger partial charge in [-0.3, -0.25) is 0 Å². The van der Waals surface area contributed by atoms with Crippen LogP contribution in [0.15, 0.2) is 40.8 Å². The van der Waals surface area contributed by atoms with Gasteiger partial charge in [-0.05, 0) is 43.8 Å². The lowest BCUT2D eigenvalue weighted by molar-refractivity contribution is 0.482. The van der Waals surface area contributed by atoms with Crippen molar-refractivity contribution in [1.29, 1.82) is 0 Å². The standard InChI is InChI=1S/C15H20N2O/c1-12-4-9-15(18-12)11-17(3)14-7-5-13(6-8-14)10-16-2/h4-9,16H,10-11H2,1-3H3. The molecule has 96 valence electrons. The number of furan rings is 1. The fourth-order valence-corrected chi connectivity index (χ4v) is 1.97. The summed E-state index contributed by atoms with van der Waals surface area (Å²) in [5.74, 6) is 1.96. The molecular weight excluding hydrogens is 224 g/mol. The van der Waals surface area contributed by atoms with Crippen molar-refractivity contribution in [3.8, 4) is 0 Å². The Bertz CT molecular complexity index is 487. The molecule has 0 saturated carbocycles. The summed E-state index contributed by atoms with van der Waals surface area (Å²) in [7, 11) is 4.03. The van der Waals surface area contributed by atoms with E-state index >= 15 is 0 Å². The van der Waals surface area contributed by atoms with E-state index in [-0.39, 0.29) is 0 Å². The topological polar surface area (TPSA) is 28.4 Å². The van der Waals surface area contributed by atoms with Crippen LogP contribution in [0.2, 0.25) is 0 Å². The van der Waals surface area contributed by atoms with E-state index in [2.05, 4.69) is 41.5 Å².